The molecule has 0 saturated carbocycles. The Hall–Kier alpha value is -1.31. The third-order valence-corrected chi connectivity index (χ3v) is 3.85. The third-order valence-electron chi connectivity index (χ3n) is 3.85. The first kappa shape index (κ1) is 8.96. The summed E-state index contributed by atoms with van der Waals surface area (Å²) < 4.78 is 0. The summed E-state index contributed by atoms with van der Waals surface area (Å²) in [5.74, 6) is 0.245. The monoisotopic (exact) mass is 201 g/mol. The second kappa shape index (κ2) is 3.09. The molecule has 0 bridgehead atoms. The number of amides is 1. The van der Waals surface area contributed by atoms with Gasteiger partial charge in [0, 0.05) is 6.54 Å². The fourth-order valence-electron chi connectivity index (χ4n) is 3.09. The Balaban J connectivity index is 2.16. The Morgan fingerprint density at radius 2 is 2.07 bits per heavy atom. The Morgan fingerprint density at radius 1 is 1.20 bits per heavy atom. The minimum Gasteiger partial charge on any atom is -0.355 e. The zero-order valence-corrected chi connectivity index (χ0v) is 8.75. The van der Waals surface area contributed by atoms with Crippen LogP contribution in [0.5, 0.6) is 0 Å². The molecule has 1 fully saturated rings. The van der Waals surface area contributed by atoms with E-state index in [4.69, 9.17) is 0 Å². The fourth-order valence-corrected chi connectivity index (χ4v) is 3.09. The summed E-state index contributed by atoms with van der Waals surface area (Å²) >= 11 is 0. The van der Waals surface area contributed by atoms with Gasteiger partial charge in [0.1, 0.15) is 0 Å². The quantitative estimate of drug-likeness (QED) is 0.681. The highest BCUT2D eigenvalue weighted by atomic mass is 16.2. The minimum atomic E-state index is -0.186. The lowest BCUT2D eigenvalue weighted by molar-refractivity contribution is -0.124. The molecule has 1 aliphatic carbocycles. The van der Waals surface area contributed by atoms with Gasteiger partial charge in [-0.2, -0.15) is 0 Å². The second-order valence-electron chi connectivity index (χ2n) is 4.60. The van der Waals surface area contributed by atoms with Crippen LogP contribution in [0.25, 0.3) is 0 Å². The van der Waals surface area contributed by atoms with Crippen LogP contribution in [-0.2, 0) is 16.6 Å². The van der Waals surface area contributed by atoms with Crippen molar-refractivity contribution in [3.05, 3.63) is 35.4 Å². The van der Waals surface area contributed by atoms with E-state index in [2.05, 4.69) is 29.6 Å². The maximum absolute atomic E-state index is 12.0. The first-order valence-electron chi connectivity index (χ1n) is 5.70. The van der Waals surface area contributed by atoms with E-state index in [1.807, 2.05) is 0 Å². The van der Waals surface area contributed by atoms with Crippen LogP contribution >= 0.6 is 0 Å². The topological polar surface area (TPSA) is 29.1 Å². The lowest BCUT2D eigenvalue weighted by Crippen LogP contribution is -2.38. The average Bonchev–Trinajstić information content (AvgIpc) is 2.62. The zero-order chi connectivity index (χ0) is 10.3. The number of carbonyl (C=O) groups excluding carboxylic acids is 1. The molecule has 1 spiro atoms. The Kier molecular flexibility index (Phi) is 1.84. The lowest BCUT2D eigenvalue weighted by Gasteiger charge is -2.33. The fraction of sp³-hybridized carbons (Fsp3) is 0.462. The molecule has 2 heteroatoms. The van der Waals surface area contributed by atoms with Gasteiger partial charge in [0.15, 0.2) is 0 Å². The highest BCUT2D eigenvalue weighted by Crippen LogP contribution is 2.42. The first-order valence-corrected chi connectivity index (χ1v) is 5.70. The summed E-state index contributed by atoms with van der Waals surface area (Å²) in [6.45, 7) is 0.840. The number of nitrogens with one attached hydrogen (secondary N) is 1. The van der Waals surface area contributed by atoms with Gasteiger partial charge in [0.05, 0.1) is 5.41 Å². The molecule has 1 unspecified atom stereocenters. The molecule has 3 rings (SSSR count). The summed E-state index contributed by atoms with van der Waals surface area (Å²) in [7, 11) is 0. The van der Waals surface area contributed by atoms with Gasteiger partial charge in [-0.25, -0.2) is 0 Å². The van der Waals surface area contributed by atoms with E-state index in [-0.39, 0.29) is 11.3 Å². The normalized spacial score (nSPS) is 28.9. The van der Waals surface area contributed by atoms with Gasteiger partial charge in [-0.1, -0.05) is 24.3 Å². The van der Waals surface area contributed by atoms with E-state index in [1.165, 1.54) is 11.1 Å². The summed E-state index contributed by atoms with van der Waals surface area (Å²) in [5, 5.41) is 2.98. The number of rotatable bonds is 0. The maximum atomic E-state index is 12.0. The lowest BCUT2D eigenvalue weighted by atomic mass is 9.69. The molecular weight excluding hydrogens is 186 g/mol. The van der Waals surface area contributed by atoms with Crippen molar-refractivity contribution >= 4 is 5.91 Å². The highest BCUT2D eigenvalue weighted by Gasteiger charge is 2.45. The summed E-state index contributed by atoms with van der Waals surface area (Å²) in [6.07, 6.45) is 4.27. The number of carbonyl (C=O) groups is 1. The van der Waals surface area contributed by atoms with Crippen molar-refractivity contribution in [3.63, 3.8) is 0 Å². The molecule has 2 aliphatic rings. The smallest absolute Gasteiger partial charge is 0.230 e. The second-order valence-corrected chi connectivity index (χ2v) is 4.60. The van der Waals surface area contributed by atoms with E-state index < -0.39 is 0 Å². The number of hydrogen-bond acceptors (Lipinski definition) is 1. The van der Waals surface area contributed by atoms with Crippen LogP contribution in [0.3, 0.4) is 0 Å². The largest absolute Gasteiger partial charge is 0.355 e. The van der Waals surface area contributed by atoms with Crippen LogP contribution in [0.15, 0.2) is 24.3 Å². The summed E-state index contributed by atoms with van der Waals surface area (Å²) in [4.78, 5) is 12.0. The van der Waals surface area contributed by atoms with Crippen LogP contribution in [-0.4, -0.2) is 12.5 Å². The van der Waals surface area contributed by atoms with Gasteiger partial charge in [-0.3, -0.25) is 4.79 Å². The molecule has 78 valence electrons. The first-order chi connectivity index (χ1) is 7.33. The van der Waals surface area contributed by atoms with Crippen LogP contribution < -0.4 is 5.32 Å². The maximum Gasteiger partial charge on any atom is 0.230 e. The summed E-state index contributed by atoms with van der Waals surface area (Å²) in [6, 6.07) is 8.43. The Morgan fingerprint density at radius 3 is 2.87 bits per heavy atom. The molecule has 2 nitrogen and oxygen atoms in total. The van der Waals surface area contributed by atoms with Crippen LogP contribution in [0, 0.1) is 0 Å². The average molecular weight is 201 g/mol. The van der Waals surface area contributed by atoms with E-state index in [1.54, 1.807) is 0 Å². The van der Waals surface area contributed by atoms with Gasteiger partial charge in [0.25, 0.3) is 0 Å². The van der Waals surface area contributed by atoms with Crippen molar-refractivity contribution in [2.24, 2.45) is 0 Å². The molecule has 1 atom stereocenters. The Bertz CT molecular complexity index is 413. The number of hydrogen-bond donors (Lipinski definition) is 1. The summed E-state index contributed by atoms with van der Waals surface area (Å²) in [5.41, 5.74) is 2.47. The standard InChI is InChI=1S/C13H15NO/c15-12-13(8-9-14-12)7-3-5-10-4-1-2-6-11(10)13/h1-2,4,6H,3,5,7-9H2,(H,14,15). The van der Waals surface area contributed by atoms with E-state index in [9.17, 15) is 4.79 Å². The van der Waals surface area contributed by atoms with E-state index in [0.717, 1.165) is 32.2 Å². The van der Waals surface area contributed by atoms with E-state index >= 15 is 0 Å². The van der Waals surface area contributed by atoms with Crippen LogP contribution in [0.2, 0.25) is 0 Å². The van der Waals surface area contributed by atoms with Crippen molar-refractivity contribution in [2.75, 3.05) is 6.54 Å². The van der Waals surface area contributed by atoms with Crippen molar-refractivity contribution < 1.29 is 4.79 Å². The van der Waals surface area contributed by atoms with Crippen molar-refractivity contribution in [1.29, 1.82) is 0 Å². The molecule has 1 N–H and O–H groups in total. The van der Waals surface area contributed by atoms with E-state index in [0.29, 0.717) is 0 Å². The number of benzene rings is 1. The SMILES string of the molecule is O=C1NCCC12CCCc1ccccc12. The van der Waals surface area contributed by atoms with Crippen molar-refractivity contribution in [1.82, 2.24) is 5.32 Å². The van der Waals surface area contributed by atoms with Crippen molar-refractivity contribution in [2.45, 2.75) is 31.1 Å². The molecule has 1 heterocycles. The predicted molar refractivity (Wildman–Crippen MR) is 58.7 cm³/mol. The van der Waals surface area contributed by atoms with Gasteiger partial charge in [-0.15, -0.1) is 0 Å². The molecular formula is C13H15NO. The minimum absolute atomic E-state index is 0.186. The third kappa shape index (κ3) is 1.14. The number of aryl methyl sites for hydroxylation is 1. The molecule has 1 aromatic rings. The van der Waals surface area contributed by atoms with Gasteiger partial charge >= 0.3 is 0 Å². The number of fused-ring (bicyclic) bond motifs is 2. The molecule has 0 radical (unpaired) electrons. The zero-order valence-electron chi connectivity index (χ0n) is 8.75. The molecule has 1 aliphatic heterocycles. The van der Waals surface area contributed by atoms with Crippen LogP contribution in [0.1, 0.15) is 30.4 Å². The molecule has 1 saturated heterocycles. The van der Waals surface area contributed by atoms with Crippen molar-refractivity contribution in [3.8, 4) is 0 Å². The van der Waals surface area contributed by atoms with Gasteiger partial charge < -0.3 is 5.32 Å². The predicted octanol–water partition coefficient (Wildman–Crippen LogP) is 1.78. The molecule has 15 heavy (non-hydrogen) atoms. The molecule has 1 amide bonds. The Labute approximate surface area is 89.7 Å². The van der Waals surface area contributed by atoms with Gasteiger partial charge in [0.2, 0.25) is 5.91 Å². The van der Waals surface area contributed by atoms with Crippen LogP contribution in [0.4, 0.5) is 0 Å². The molecule has 1 aromatic carbocycles. The van der Waals surface area contributed by atoms with Gasteiger partial charge in [-0.05, 0) is 36.8 Å². The molecule has 0 aromatic heterocycles. The highest BCUT2D eigenvalue weighted by molar-refractivity contribution is 5.90.